The van der Waals surface area contributed by atoms with E-state index in [0.717, 1.165) is 45.9 Å². The maximum atomic E-state index is 5.82. The maximum absolute atomic E-state index is 5.82. The van der Waals surface area contributed by atoms with Crippen LogP contribution in [0.2, 0.25) is 0 Å². The van der Waals surface area contributed by atoms with Crippen molar-refractivity contribution in [1.29, 1.82) is 0 Å². The summed E-state index contributed by atoms with van der Waals surface area (Å²) in [4.78, 5) is 6.59. The summed E-state index contributed by atoms with van der Waals surface area (Å²) in [7, 11) is 4.06. The average Bonchev–Trinajstić information content (AvgIpc) is 2.85. The number of pyridine rings is 1. The second-order valence-electron chi connectivity index (χ2n) is 6.30. The Bertz CT molecular complexity index is 891. The Morgan fingerprint density at radius 2 is 1.68 bits per heavy atom. The van der Waals surface area contributed by atoms with Gasteiger partial charge in [-0.25, -0.2) is 4.98 Å². The number of ether oxygens (including phenoxy) is 2. The van der Waals surface area contributed by atoms with Crippen LogP contribution in [0.1, 0.15) is 6.42 Å². The second kappa shape index (κ2) is 6.51. The third-order valence-corrected chi connectivity index (χ3v) is 4.28. The highest BCUT2D eigenvalue weighted by atomic mass is 16.5. The molecule has 0 aliphatic carbocycles. The van der Waals surface area contributed by atoms with E-state index in [1.165, 1.54) is 0 Å². The molecule has 0 amide bonds. The van der Waals surface area contributed by atoms with E-state index in [4.69, 9.17) is 9.47 Å². The minimum Gasteiger partial charge on any atom is -0.490 e. The van der Waals surface area contributed by atoms with Gasteiger partial charge in [0.15, 0.2) is 11.5 Å². The highest BCUT2D eigenvalue weighted by Crippen LogP contribution is 2.36. The molecular weight excluding hydrogens is 314 g/mol. The highest BCUT2D eigenvalue weighted by Gasteiger charge is 2.14. The summed E-state index contributed by atoms with van der Waals surface area (Å²) < 4.78 is 11.6. The standard InChI is InChI=1S/C20H21N3O2/c1-23(2)16-6-4-15(5-7-16)22-20-17-13-19-18(24-10-3-11-25-19)12-14(17)8-9-21-20/h4-9,12-13H,3,10-11H2,1-2H3,(H,21,22). The molecule has 3 aromatic rings. The fourth-order valence-corrected chi connectivity index (χ4v) is 2.91. The number of nitrogens with zero attached hydrogens (tertiary/aromatic N) is 2. The molecule has 0 radical (unpaired) electrons. The Morgan fingerprint density at radius 1 is 0.960 bits per heavy atom. The van der Waals surface area contributed by atoms with Gasteiger partial charge in [0.25, 0.3) is 0 Å². The molecule has 1 aliphatic rings. The number of hydrogen-bond donors (Lipinski definition) is 1. The predicted octanol–water partition coefficient (Wildman–Crippen LogP) is 4.21. The first-order chi connectivity index (χ1) is 12.2. The number of aromatic nitrogens is 1. The Balaban J connectivity index is 1.70. The van der Waals surface area contributed by atoms with E-state index in [1.807, 2.05) is 38.5 Å². The molecule has 2 heterocycles. The highest BCUT2D eigenvalue weighted by molar-refractivity contribution is 5.95. The largest absolute Gasteiger partial charge is 0.490 e. The molecule has 128 valence electrons. The monoisotopic (exact) mass is 335 g/mol. The first-order valence-electron chi connectivity index (χ1n) is 8.43. The maximum Gasteiger partial charge on any atom is 0.161 e. The topological polar surface area (TPSA) is 46.6 Å². The van der Waals surface area contributed by atoms with Gasteiger partial charge >= 0.3 is 0 Å². The fourth-order valence-electron chi connectivity index (χ4n) is 2.91. The molecule has 5 nitrogen and oxygen atoms in total. The number of fused-ring (bicyclic) bond motifs is 2. The lowest BCUT2D eigenvalue weighted by atomic mass is 10.1. The van der Waals surface area contributed by atoms with Crippen molar-refractivity contribution in [1.82, 2.24) is 4.98 Å². The van der Waals surface area contributed by atoms with Crippen molar-refractivity contribution in [2.24, 2.45) is 0 Å². The van der Waals surface area contributed by atoms with Crippen molar-refractivity contribution >= 4 is 28.0 Å². The summed E-state index contributed by atoms with van der Waals surface area (Å²) in [5.74, 6) is 2.40. The van der Waals surface area contributed by atoms with Crippen molar-refractivity contribution in [2.75, 3.05) is 37.5 Å². The van der Waals surface area contributed by atoms with Gasteiger partial charge in [-0.3, -0.25) is 0 Å². The van der Waals surface area contributed by atoms with Crippen molar-refractivity contribution < 1.29 is 9.47 Å². The van der Waals surface area contributed by atoms with E-state index in [-0.39, 0.29) is 0 Å². The van der Waals surface area contributed by atoms with E-state index in [2.05, 4.69) is 39.5 Å². The first kappa shape index (κ1) is 15.6. The van der Waals surface area contributed by atoms with Gasteiger partial charge in [-0.2, -0.15) is 0 Å². The van der Waals surface area contributed by atoms with Gasteiger partial charge in [-0.15, -0.1) is 0 Å². The van der Waals surface area contributed by atoms with Gasteiger partial charge in [0.1, 0.15) is 5.82 Å². The smallest absolute Gasteiger partial charge is 0.161 e. The predicted molar refractivity (Wildman–Crippen MR) is 101 cm³/mol. The third kappa shape index (κ3) is 3.18. The molecule has 0 spiro atoms. The SMILES string of the molecule is CN(C)c1ccc(Nc2nccc3cc4c(cc23)OCCCO4)cc1. The summed E-state index contributed by atoms with van der Waals surface area (Å²) in [6.45, 7) is 1.36. The van der Waals surface area contributed by atoms with Crippen LogP contribution in [0.5, 0.6) is 11.5 Å². The number of benzene rings is 2. The van der Waals surface area contributed by atoms with E-state index in [0.29, 0.717) is 13.2 Å². The quantitative estimate of drug-likeness (QED) is 0.777. The van der Waals surface area contributed by atoms with Crippen molar-refractivity contribution in [3.63, 3.8) is 0 Å². The Hall–Kier alpha value is -2.95. The van der Waals surface area contributed by atoms with Gasteiger partial charge < -0.3 is 19.7 Å². The van der Waals surface area contributed by atoms with Gasteiger partial charge in [-0.1, -0.05) is 0 Å². The van der Waals surface area contributed by atoms with E-state index >= 15 is 0 Å². The molecule has 1 aromatic heterocycles. The third-order valence-electron chi connectivity index (χ3n) is 4.28. The molecule has 0 unspecified atom stereocenters. The first-order valence-corrected chi connectivity index (χ1v) is 8.43. The van der Waals surface area contributed by atoms with Gasteiger partial charge in [-0.05, 0) is 47.9 Å². The van der Waals surface area contributed by atoms with E-state index in [9.17, 15) is 0 Å². The average molecular weight is 335 g/mol. The van der Waals surface area contributed by atoms with Gasteiger partial charge in [0, 0.05) is 43.5 Å². The van der Waals surface area contributed by atoms with Crippen LogP contribution in [-0.4, -0.2) is 32.3 Å². The molecule has 0 saturated heterocycles. The van der Waals surface area contributed by atoms with Crippen LogP contribution >= 0.6 is 0 Å². The minimum atomic E-state index is 0.674. The lowest BCUT2D eigenvalue weighted by Crippen LogP contribution is -2.08. The number of anilines is 3. The normalized spacial score (nSPS) is 13.4. The summed E-state index contributed by atoms with van der Waals surface area (Å²) in [5.41, 5.74) is 2.16. The van der Waals surface area contributed by atoms with Crippen LogP contribution in [-0.2, 0) is 0 Å². The Labute approximate surface area is 147 Å². The molecule has 25 heavy (non-hydrogen) atoms. The lowest BCUT2D eigenvalue weighted by molar-refractivity contribution is 0.297. The van der Waals surface area contributed by atoms with Crippen molar-refractivity contribution in [3.8, 4) is 11.5 Å². The molecule has 0 bridgehead atoms. The molecule has 0 fully saturated rings. The molecule has 1 aliphatic heterocycles. The number of hydrogen-bond acceptors (Lipinski definition) is 5. The second-order valence-corrected chi connectivity index (χ2v) is 6.30. The Morgan fingerprint density at radius 3 is 2.40 bits per heavy atom. The van der Waals surface area contributed by atoms with Crippen LogP contribution in [0.25, 0.3) is 10.8 Å². The minimum absolute atomic E-state index is 0.674. The van der Waals surface area contributed by atoms with Crippen LogP contribution in [0, 0.1) is 0 Å². The molecule has 4 rings (SSSR count). The van der Waals surface area contributed by atoms with Gasteiger partial charge in [0.2, 0.25) is 0 Å². The van der Waals surface area contributed by atoms with Crippen LogP contribution in [0.4, 0.5) is 17.2 Å². The summed E-state index contributed by atoms with van der Waals surface area (Å²) in [5, 5.41) is 5.50. The van der Waals surface area contributed by atoms with E-state index in [1.54, 1.807) is 0 Å². The Kier molecular flexibility index (Phi) is 4.06. The van der Waals surface area contributed by atoms with Gasteiger partial charge in [0.05, 0.1) is 13.2 Å². The lowest BCUT2D eigenvalue weighted by Gasteiger charge is -2.14. The zero-order valence-electron chi connectivity index (χ0n) is 14.5. The molecule has 2 aromatic carbocycles. The number of nitrogens with one attached hydrogen (secondary N) is 1. The van der Waals surface area contributed by atoms with Crippen molar-refractivity contribution in [3.05, 3.63) is 48.7 Å². The molecular formula is C20H21N3O2. The molecule has 5 heteroatoms. The summed E-state index contributed by atoms with van der Waals surface area (Å²) in [6, 6.07) is 14.3. The zero-order chi connectivity index (χ0) is 17.2. The number of rotatable bonds is 3. The summed E-state index contributed by atoms with van der Waals surface area (Å²) in [6.07, 6.45) is 2.70. The molecule has 0 saturated carbocycles. The van der Waals surface area contributed by atoms with Crippen LogP contribution in [0.15, 0.2) is 48.7 Å². The van der Waals surface area contributed by atoms with E-state index < -0.39 is 0 Å². The van der Waals surface area contributed by atoms with Crippen molar-refractivity contribution in [2.45, 2.75) is 6.42 Å². The molecule has 1 N–H and O–H groups in total. The zero-order valence-corrected chi connectivity index (χ0v) is 14.5. The molecule has 0 atom stereocenters. The summed E-state index contributed by atoms with van der Waals surface area (Å²) >= 11 is 0. The fraction of sp³-hybridized carbons (Fsp3) is 0.250. The van der Waals surface area contributed by atoms with Crippen LogP contribution < -0.4 is 19.7 Å². The van der Waals surface area contributed by atoms with Crippen LogP contribution in [0.3, 0.4) is 0 Å².